The summed E-state index contributed by atoms with van der Waals surface area (Å²) in [5.74, 6) is 0. The van der Waals surface area contributed by atoms with Crippen LogP contribution >= 0.6 is 0 Å². The van der Waals surface area contributed by atoms with Gasteiger partial charge in [0.15, 0.2) is 0 Å². The van der Waals surface area contributed by atoms with E-state index in [1.165, 1.54) is 92.5 Å². The molecule has 10 aromatic carbocycles. The van der Waals surface area contributed by atoms with Crippen molar-refractivity contribution in [1.82, 2.24) is 0 Å². The minimum Gasteiger partial charge on any atom is -0.456 e. The predicted molar refractivity (Wildman–Crippen MR) is 209 cm³/mol. The van der Waals surface area contributed by atoms with Crippen LogP contribution in [0.3, 0.4) is 0 Å². The summed E-state index contributed by atoms with van der Waals surface area (Å²) >= 11 is 0. The molecule has 0 bridgehead atoms. The van der Waals surface area contributed by atoms with Crippen LogP contribution in [0.25, 0.3) is 109 Å². The summed E-state index contributed by atoms with van der Waals surface area (Å²) in [4.78, 5) is 0. The molecule has 0 radical (unpaired) electrons. The molecular formula is C48H28O. The third-order valence-electron chi connectivity index (χ3n) is 10.6. The van der Waals surface area contributed by atoms with Gasteiger partial charge in [-0.05, 0) is 118 Å². The van der Waals surface area contributed by atoms with Gasteiger partial charge in [0.05, 0.1) is 0 Å². The number of rotatable bonds is 3. The van der Waals surface area contributed by atoms with Gasteiger partial charge in [0.25, 0.3) is 0 Å². The zero-order valence-electron chi connectivity index (χ0n) is 26.6. The molecule has 0 amide bonds. The molecule has 11 aromatic rings. The van der Waals surface area contributed by atoms with E-state index in [0.29, 0.717) is 0 Å². The Morgan fingerprint density at radius 2 is 0.857 bits per heavy atom. The summed E-state index contributed by atoms with van der Waals surface area (Å²) in [6, 6.07) is 62.1. The second-order valence-electron chi connectivity index (χ2n) is 13.2. The van der Waals surface area contributed by atoms with Crippen LogP contribution in [-0.2, 0) is 0 Å². The van der Waals surface area contributed by atoms with Gasteiger partial charge in [0, 0.05) is 10.8 Å². The molecule has 0 aliphatic heterocycles. The minimum absolute atomic E-state index is 0.927. The Balaban J connectivity index is 1.26. The van der Waals surface area contributed by atoms with Gasteiger partial charge in [0.1, 0.15) is 11.2 Å². The maximum Gasteiger partial charge on any atom is 0.136 e. The third-order valence-corrected chi connectivity index (χ3v) is 10.6. The first-order valence-electron chi connectivity index (χ1n) is 16.9. The van der Waals surface area contributed by atoms with Crippen molar-refractivity contribution < 1.29 is 4.42 Å². The maximum atomic E-state index is 6.65. The topological polar surface area (TPSA) is 13.1 Å². The van der Waals surface area contributed by atoms with Crippen LogP contribution in [0.1, 0.15) is 0 Å². The summed E-state index contributed by atoms with van der Waals surface area (Å²) in [6.45, 7) is 0. The van der Waals surface area contributed by atoms with Crippen LogP contribution < -0.4 is 0 Å². The van der Waals surface area contributed by atoms with Gasteiger partial charge >= 0.3 is 0 Å². The summed E-state index contributed by atoms with van der Waals surface area (Å²) < 4.78 is 6.65. The smallest absolute Gasteiger partial charge is 0.136 e. The van der Waals surface area contributed by atoms with Crippen LogP contribution in [0.2, 0.25) is 0 Å². The van der Waals surface area contributed by atoms with Crippen molar-refractivity contribution in [3.8, 4) is 33.4 Å². The molecule has 0 saturated carbocycles. The fourth-order valence-corrected chi connectivity index (χ4v) is 8.44. The molecular weight excluding hydrogens is 593 g/mol. The van der Waals surface area contributed by atoms with Crippen LogP contribution in [0.15, 0.2) is 174 Å². The molecule has 1 aromatic heterocycles. The van der Waals surface area contributed by atoms with E-state index in [0.717, 1.165) is 16.7 Å². The maximum absolute atomic E-state index is 6.65. The Kier molecular flexibility index (Phi) is 5.45. The molecule has 0 atom stereocenters. The van der Waals surface area contributed by atoms with Crippen LogP contribution in [0.4, 0.5) is 0 Å². The average Bonchev–Trinajstić information content (AvgIpc) is 3.55. The molecule has 0 unspecified atom stereocenters. The van der Waals surface area contributed by atoms with Crippen molar-refractivity contribution in [2.24, 2.45) is 0 Å². The van der Waals surface area contributed by atoms with Gasteiger partial charge in [-0.25, -0.2) is 0 Å². The fourth-order valence-electron chi connectivity index (χ4n) is 8.44. The highest BCUT2D eigenvalue weighted by atomic mass is 16.3. The van der Waals surface area contributed by atoms with Crippen molar-refractivity contribution in [2.45, 2.75) is 0 Å². The molecule has 49 heavy (non-hydrogen) atoms. The molecule has 1 nitrogen and oxygen atoms in total. The monoisotopic (exact) mass is 620 g/mol. The van der Waals surface area contributed by atoms with E-state index in [1.807, 2.05) is 0 Å². The van der Waals surface area contributed by atoms with Crippen molar-refractivity contribution in [3.63, 3.8) is 0 Å². The Morgan fingerprint density at radius 1 is 0.286 bits per heavy atom. The molecule has 0 N–H and O–H groups in total. The molecule has 0 spiro atoms. The number of benzene rings is 10. The standard InChI is InChI=1S/C48H28O/c1-2-13-31-25-32(24-23-29(31)11-1)33-26-34-27-42(41-21-10-22-43-48(41)45(34)44(28-33)49-43)47-39-18-7-5-16-37(39)46(38-17-6-8-19-40(38)47)36-20-9-14-30-12-3-4-15-35(30)36/h1-28H. The fraction of sp³-hybridized carbons (Fsp3) is 0. The highest BCUT2D eigenvalue weighted by Crippen LogP contribution is 2.49. The Hall–Kier alpha value is -6.44. The molecule has 0 saturated heterocycles. The number of hydrogen-bond acceptors (Lipinski definition) is 1. The lowest BCUT2D eigenvalue weighted by Gasteiger charge is -2.20. The van der Waals surface area contributed by atoms with E-state index >= 15 is 0 Å². The predicted octanol–water partition coefficient (Wildman–Crippen LogP) is 13.8. The molecule has 0 aliphatic rings. The Labute approximate surface area is 282 Å². The molecule has 0 aliphatic carbocycles. The Bertz CT molecular complexity index is 3040. The van der Waals surface area contributed by atoms with E-state index in [9.17, 15) is 0 Å². The van der Waals surface area contributed by atoms with Gasteiger partial charge in [0.2, 0.25) is 0 Å². The number of hydrogen-bond donors (Lipinski definition) is 0. The lowest BCUT2D eigenvalue weighted by molar-refractivity contribution is 0.669. The van der Waals surface area contributed by atoms with E-state index in [4.69, 9.17) is 4.42 Å². The first-order valence-corrected chi connectivity index (χ1v) is 16.9. The third kappa shape index (κ3) is 3.82. The van der Waals surface area contributed by atoms with Crippen molar-refractivity contribution in [3.05, 3.63) is 170 Å². The largest absolute Gasteiger partial charge is 0.456 e. The lowest BCUT2D eigenvalue weighted by atomic mass is 9.83. The van der Waals surface area contributed by atoms with Gasteiger partial charge in [-0.3, -0.25) is 0 Å². The van der Waals surface area contributed by atoms with Crippen molar-refractivity contribution >= 4 is 75.8 Å². The first-order chi connectivity index (χ1) is 24.3. The van der Waals surface area contributed by atoms with Crippen LogP contribution in [-0.4, -0.2) is 0 Å². The first kappa shape index (κ1) is 26.6. The van der Waals surface area contributed by atoms with E-state index in [2.05, 4.69) is 170 Å². The summed E-state index contributed by atoms with van der Waals surface area (Å²) in [6.07, 6.45) is 0. The van der Waals surface area contributed by atoms with Crippen LogP contribution in [0.5, 0.6) is 0 Å². The van der Waals surface area contributed by atoms with E-state index in [1.54, 1.807) is 0 Å². The highest BCUT2D eigenvalue weighted by molar-refractivity contribution is 6.30. The number of fused-ring (bicyclic) bond motifs is 4. The van der Waals surface area contributed by atoms with E-state index < -0.39 is 0 Å². The molecule has 226 valence electrons. The van der Waals surface area contributed by atoms with Gasteiger partial charge in [-0.15, -0.1) is 0 Å². The van der Waals surface area contributed by atoms with Crippen molar-refractivity contribution in [1.29, 1.82) is 0 Å². The van der Waals surface area contributed by atoms with Crippen molar-refractivity contribution in [2.75, 3.05) is 0 Å². The normalized spacial score (nSPS) is 12.1. The quantitative estimate of drug-likeness (QED) is 0.141. The second-order valence-corrected chi connectivity index (χ2v) is 13.2. The lowest BCUT2D eigenvalue weighted by Crippen LogP contribution is -1.93. The zero-order valence-corrected chi connectivity index (χ0v) is 26.6. The Morgan fingerprint density at radius 3 is 1.61 bits per heavy atom. The van der Waals surface area contributed by atoms with Gasteiger partial charge in [-0.2, -0.15) is 0 Å². The zero-order chi connectivity index (χ0) is 32.1. The van der Waals surface area contributed by atoms with Crippen LogP contribution in [0, 0.1) is 0 Å². The number of furan rings is 1. The highest BCUT2D eigenvalue weighted by Gasteiger charge is 2.22. The molecule has 11 rings (SSSR count). The molecule has 0 fully saturated rings. The van der Waals surface area contributed by atoms with E-state index in [-0.39, 0.29) is 0 Å². The molecule has 1 heterocycles. The second kappa shape index (κ2) is 10.0. The average molecular weight is 621 g/mol. The minimum atomic E-state index is 0.927. The SMILES string of the molecule is c1ccc2cc(-c3cc4cc(-c5c6ccccc6c(-c6cccc7ccccc67)c6ccccc56)c5cccc6oc(c3)c4c65)ccc2c1. The summed E-state index contributed by atoms with van der Waals surface area (Å²) in [5, 5.41) is 14.8. The van der Waals surface area contributed by atoms with Gasteiger partial charge in [-0.1, -0.05) is 140 Å². The molecule has 1 heteroatoms. The summed E-state index contributed by atoms with van der Waals surface area (Å²) in [7, 11) is 0. The summed E-state index contributed by atoms with van der Waals surface area (Å²) in [5.41, 5.74) is 9.24. The van der Waals surface area contributed by atoms with Gasteiger partial charge < -0.3 is 4.42 Å².